The van der Waals surface area contributed by atoms with Crippen molar-refractivity contribution in [3.05, 3.63) is 51.8 Å². The zero-order valence-electron chi connectivity index (χ0n) is 14.0. The third-order valence-corrected chi connectivity index (χ3v) is 3.89. The summed E-state index contributed by atoms with van der Waals surface area (Å²) >= 11 is 5.88. The molecular formula is C17H13ClF4O5. The molecule has 0 saturated carbocycles. The van der Waals surface area contributed by atoms with Crippen LogP contribution in [0, 0.1) is 12.7 Å². The second kappa shape index (κ2) is 7.91. The van der Waals surface area contributed by atoms with Crippen LogP contribution in [0.1, 0.15) is 21.5 Å². The van der Waals surface area contributed by atoms with Crippen LogP contribution in [0.5, 0.6) is 17.2 Å². The van der Waals surface area contributed by atoms with Gasteiger partial charge in [0.2, 0.25) is 0 Å². The number of aromatic carboxylic acids is 1. The molecule has 0 aliphatic heterocycles. The van der Waals surface area contributed by atoms with Crippen molar-refractivity contribution in [3.8, 4) is 17.2 Å². The summed E-state index contributed by atoms with van der Waals surface area (Å²) in [5.41, 5.74) is -0.676. The Labute approximate surface area is 156 Å². The van der Waals surface area contributed by atoms with E-state index >= 15 is 0 Å². The van der Waals surface area contributed by atoms with E-state index < -0.39 is 36.1 Å². The van der Waals surface area contributed by atoms with E-state index in [1.54, 1.807) is 0 Å². The third kappa shape index (κ3) is 4.94. The van der Waals surface area contributed by atoms with Crippen molar-refractivity contribution in [1.82, 2.24) is 0 Å². The summed E-state index contributed by atoms with van der Waals surface area (Å²) in [7, 11) is 1.20. The van der Waals surface area contributed by atoms with Gasteiger partial charge in [-0.3, -0.25) is 0 Å². The molecule has 0 aliphatic carbocycles. The normalized spacial score (nSPS) is 11.2. The average molecular weight is 409 g/mol. The Kier molecular flexibility index (Phi) is 6.04. The van der Waals surface area contributed by atoms with Crippen LogP contribution >= 0.6 is 11.6 Å². The van der Waals surface area contributed by atoms with Crippen LogP contribution in [0.2, 0.25) is 5.02 Å². The number of alkyl halides is 3. The largest absolute Gasteiger partial charge is 0.573 e. The van der Waals surface area contributed by atoms with E-state index in [4.69, 9.17) is 21.1 Å². The monoisotopic (exact) mass is 408 g/mol. The number of ether oxygens (including phenoxy) is 3. The maximum Gasteiger partial charge on any atom is 0.573 e. The highest BCUT2D eigenvalue weighted by molar-refractivity contribution is 6.31. The number of benzene rings is 2. The van der Waals surface area contributed by atoms with E-state index in [1.807, 2.05) is 0 Å². The van der Waals surface area contributed by atoms with Crippen LogP contribution in [0.3, 0.4) is 0 Å². The fourth-order valence-electron chi connectivity index (χ4n) is 2.23. The first-order valence-corrected chi connectivity index (χ1v) is 7.68. The van der Waals surface area contributed by atoms with Crippen molar-refractivity contribution in [2.24, 2.45) is 0 Å². The molecule has 146 valence electrons. The van der Waals surface area contributed by atoms with Gasteiger partial charge in [-0.15, -0.1) is 13.2 Å². The van der Waals surface area contributed by atoms with Crippen LogP contribution in [-0.2, 0) is 6.61 Å². The summed E-state index contributed by atoms with van der Waals surface area (Å²) in [4.78, 5) is 11.3. The molecule has 0 radical (unpaired) electrons. The SMILES string of the molecule is COc1cc(OC(F)(F)F)ccc1OCc1cc(Cl)c(C)c(F)c1C(=O)O. The highest BCUT2D eigenvalue weighted by atomic mass is 35.5. The lowest BCUT2D eigenvalue weighted by molar-refractivity contribution is -0.274. The minimum Gasteiger partial charge on any atom is -0.493 e. The topological polar surface area (TPSA) is 65.0 Å². The summed E-state index contributed by atoms with van der Waals surface area (Å²) in [6, 6.07) is 4.33. The molecular weight excluding hydrogens is 396 g/mol. The molecule has 2 aromatic rings. The van der Waals surface area contributed by atoms with Crippen molar-refractivity contribution in [2.45, 2.75) is 19.9 Å². The highest BCUT2D eigenvalue weighted by Gasteiger charge is 2.31. The van der Waals surface area contributed by atoms with Gasteiger partial charge in [-0.25, -0.2) is 9.18 Å². The lowest BCUT2D eigenvalue weighted by Gasteiger charge is -2.15. The molecule has 0 spiro atoms. The van der Waals surface area contributed by atoms with Crippen molar-refractivity contribution in [3.63, 3.8) is 0 Å². The number of hydrogen-bond donors (Lipinski definition) is 1. The Morgan fingerprint density at radius 3 is 2.44 bits per heavy atom. The molecule has 0 aliphatic rings. The second-order valence-electron chi connectivity index (χ2n) is 5.29. The van der Waals surface area contributed by atoms with E-state index in [1.165, 1.54) is 20.1 Å². The van der Waals surface area contributed by atoms with Crippen molar-refractivity contribution in [2.75, 3.05) is 7.11 Å². The Bertz CT molecular complexity index is 867. The van der Waals surface area contributed by atoms with Gasteiger partial charge in [0.25, 0.3) is 0 Å². The quantitative estimate of drug-likeness (QED) is 0.683. The van der Waals surface area contributed by atoms with E-state index in [9.17, 15) is 27.5 Å². The number of rotatable bonds is 6. The van der Waals surface area contributed by atoms with Crippen LogP contribution < -0.4 is 14.2 Å². The molecule has 0 bridgehead atoms. The number of methoxy groups -OCH3 is 1. The number of hydrogen-bond acceptors (Lipinski definition) is 4. The summed E-state index contributed by atoms with van der Waals surface area (Å²) in [5, 5.41) is 9.23. The van der Waals surface area contributed by atoms with Crippen LogP contribution in [0.4, 0.5) is 17.6 Å². The van der Waals surface area contributed by atoms with Crippen LogP contribution in [-0.4, -0.2) is 24.5 Å². The van der Waals surface area contributed by atoms with Gasteiger partial charge in [-0.2, -0.15) is 0 Å². The summed E-state index contributed by atoms with van der Waals surface area (Å²) in [6.07, 6.45) is -4.88. The van der Waals surface area contributed by atoms with Crippen molar-refractivity contribution < 1.29 is 41.7 Å². The van der Waals surface area contributed by atoms with Crippen LogP contribution in [0.15, 0.2) is 24.3 Å². The predicted octanol–water partition coefficient (Wildman–Crippen LogP) is 4.97. The zero-order chi connectivity index (χ0) is 20.4. The molecule has 5 nitrogen and oxygen atoms in total. The van der Waals surface area contributed by atoms with Crippen LogP contribution in [0.25, 0.3) is 0 Å². The summed E-state index contributed by atoms with van der Waals surface area (Å²) in [6.45, 7) is 0.922. The highest BCUT2D eigenvalue weighted by Crippen LogP contribution is 2.35. The molecule has 0 saturated heterocycles. The zero-order valence-corrected chi connectivity index (χ0v) is 14.7. The molecule has 0 heterocycles. The van der Waals surface area contributed by atoms with Crippen molar-refractivity contribution in [1.29, 1.82) is 0 Å². The van der Waals surface area contributed by atoms with Gasteiger partial charge in [0.1, 0.15) is 23.7 Å². The molecule has 2 rings (SSSR count). The van der Waals surface area contributed by atoms with Gasteiger partial charge in [0.05, 0.1) is 7.11 Å². The van der Waals surface area contributed by atoms with Crippen molar-refractivity contribution >= 4 is 17.6 Å². The number of carboxylic acid groups (broad SMARTS) is 1. The third-order valence-electron chi connectivity index (χ3n) is 3.49. The standard InChI is InChI=1S/C17H13ClF4O5/c1-8-11(18)5-9(14(15(8)19)16(23)24)7-26-12-4-3-10(6-13(12)25-2)27-17(20,21)22/h3-6H,7H2,1-2H3,(H,23,24). The van der Waals surface area contributed by atoms with Gasteiger partial charge < -0.3 is 19.3 Å². The Morgan fingerprint density at radius 2 is 1.89 bits per heavy atom. The molecule has 2 aromatic carbocycles. The number of carboxylic acids is 1. The average Bonchev–Trinajstić information content (AvgIpc) is 2.56. The maximum atomic E-state index is 14.2. The molecule has 1 N–H and O–H groups in total. The number of halogens is 5. The molecule has 0 unspecified atom stereocenters. The van der Waals surface area contributed by atoms with Gasteiger partial charge in [-0.1, -0.05) is 11.6 Å². The molecule has 10 heteroatoms. The molecule has 0 aromatic heterocycles. The molecule has 0 amide bonds. The molecule has 0 fully saturated rings. The minimum absolute atomic E-state index is 0.000434. The Balaban J connectivity index is 2.30. The maximum absolute atomic E-state index is 14.2. The first kappa shape index (κ1) is 20.6. The lowest BCUT2D eigenvalue weighted by Crippen LogP contribution is -2.17. The van der Waals surface area contributed by atoms with E-state index in [-0.39, 0.29) is 27.6 Å². The van der Waals surface area contributed by atoms with E-state index in [0.29, 0.717) is 0 Å². The minimum atomic E-state index is -4.88. The number of carbonyl (C=O) groups is 1. The lowest BCUT2D eigenvalue weighted by atomic mass is 10.0. The first-order valence-electron chi connectivity index (χ1n) is 7.30. The van der Waals surface area contributed by atoms with Gasteiger partial charge in [-0.05, 0) is 25.1 Å². The van der Waals surface area contributed by atoms with E-state index in [0.717, 1.165) is 18.2 Å². The molecule has 0 atom stereocenters. The Hall–Kier alpha value is -2.68. The van der Waals surface area contributed by atoms with Gasteiger partial charge in [0, 0.05) is 22.2 Å². The Morgan fingerprint density at radius 1 is 1.22 bits per heavy atom. The van der Waals surface area contributed by atoms with Gasteiger partial charge >= 0.3 is 12.3 Å². The van der Waals surface area contributed by atoms with Gasteiger partial charge in [0.15, 0.2) is 11.5 Å². The first-order chi connectivity index (χ1) is 12.5. The molecule has 27 heavy (non-hydrogen) atoms. The second-order valence-corrected chi connectivity index (χ2v) is 5.69. The fraction of sp³-hybridized carbons (Fsp3) is 0.235. The predicted molar refractivity (Wildman–Crippen MR) is 87.1 cm³/mol. The fourth-order valence-corrected chi connectivity index (χ4v) is 2.45. The smallest absolute Gasteiger partial charge is 0.493 e. The van der Waals surface area contributed by atoms with E-state index in [2.05, 4.69) is 4.74 Å². The summed E-state index contributed by atoms with van der Waals surface area (Å²) < 4.78 is 65.1. The summed E-state index contributed by atoms with van der Waals surface area (Å²) in [5.74, 6) is -3.11.